The number of allylic oxidation sites excluding steroid dienone is 3. The third kappa shape index (κ3) is 6.51. The van der Waals surface area contributed by atoms with E-state index >= 15 is 0 Å². The van der Waals surface area contributed by atoms with Crippen LogP contribution < -0.4 is 5.73 Å². The zero-order valence-electron chi connectivity index (χ0n) is 11.1. The van der Waals surface area contributed by atoms with Crippen LogP contribution in [0.1, 0.15) is 33.1 Å². The molecule has 0 saturated carbocycles. The van der Waals surface area contributed by atoms with Crippen LogP contribution in [0.15, 0.2) is 23.5 Å². The first-order valence-corrected chi connectivity index (χ1v) is 6.00. The van der Waals surface area contributed by atoms with Gasteiger partial charge >= 0.3 is 0 Å². The number of rotatable bonds is 8. The molecule has 0 radical (unpaired) electrons. The molecule has 0 aromatic rings. The average Bonchev–Trinajstić information content (AvgIpc) is 2.30. The van der Waals surface area contributed by atoms with E-state index in [2.05, 4.69) is 19.9 Å². The Morgan fingerprint density at radius 1 is 1.31 bits per heavy atom. The van der Waals surface area contributed by atoms with Gasteiger partial charge in [-0.25, -0.2) is 0 Å². The van der Waals surface area contributed by atoms with Gasteiger partial charge in [-0.2, -0.15) is 0 Å². The maximum atomic E-state index is 5.94. The molecule has 2 N–H and O–H groups in total. The van der Waals surface area contributed by atoms with Gasteiger partial charge in [0.25, 0.3) is 0 Å². The highest BCUT2D eigenvalue weighted by Gasteiger charge is 1.98. The SMILES string of the molecule is CCC/C(=C\C=C(/N)N(C)CCOC)CC. The van der Waals surface area contributed by atoms with E-state index in [1.165, 1.54) is 12.0 Å². The Labute approximate surface area is 100.0 Å². The number of likely N-dealkylation sites (N-methyl/N-ethyl adjacent to an activating group) is 1. The first kappa shape index (κ1) is 15.0. The van der Waals surface area contributed by atoms with E-state index in [9.17, 15) is 0 Å². The van der Waals surface area contributed by atoms with Crippen LogP contribution in [-0.4, -0.2) is 32.2 Å². The second kappa shape index (κ2) is 9.28. The Kier molecular flexibility index (Phi) is 8.72. The van der Waals surface area contributed by atoms with Crippen molar-refractivity contribution < 1.29 is 4.74 Å². The van der Waals surface area contributed by atoms with Gasteiger partial charge in [-0.1, -0.05) is 31.9 Å². The molecule has 0 spiro atoms. The van der Waals surface area contributed by atoms with Gasteiger partial charge < -0.3 is 15.4 Å². The molecule has 94 valence electrons. The highest BCUT2D eigenvalue weighted by Crippen LogP contribution is 2.09. The Balaban J connectivity index is 4.27. The predicted octanol–water partition coefficient (Wildman–Crippen LogP) is 2.50. The van der Waals surface area contributed by atoms with Crippen LogP contribution >= 0.6 is 0 Å². The van der Waals surface area contributed by atoms with Crippen molar-refractivity contribution in [2.75, 3.05) is 27.3 Å². The number of nitrogens with two attached hydrogens (primary N) is 1. The fourth-order valence-electron chi connectivity index (χ4n) is 1.39. The molecule has 0 saturated heterocycles. The van der Waals surface area contributed by atoms with Crippen molar-refractivity contribution in [3.63, 3.8) is 0 Å². The molecule has 0 rings (SSSR count). The van der Waals surface area contributed by atoms with Crippen LogP contribution in [0.5, 0.6) is 0 Å². The molecule has 3 nitrogen and oxygen atoms in total. The van der Waals surface area contributed by atoms with Gasteiger partial charge in [-0.05, 0) is 18.9 Å². The Morgan fingerprint density at radius 3 is 2.50 bits per heavy atom. The van der Waals surface area contributed by atoms with E-state index in [0.29, 0.717) is 6.61 Å². The standard InChI is InChI=1S/C13H26N2O/c1-5-7-12(6-2)8-9-13(14)15(3)10-11-16-4/h8-9H,5-7,10-11,14H2,1-4H3/b12-8-,13-9+. The van der Waals surface area contributed by atoms with Gasteiger partial charge in [-0.3, -0.25) is 0 Å². The van der Waals surface area contributed by atoms with Gasteiger partial charge in [-0.15, -0.1) is 0 Å². The van der Waals surface area contributed by atoms with E-state index in [1.54, 1.807) is 7.11 Å². The van der Waals surface area contributed by atoms with Gasteiger partial charge in [0.2, 0.25) is 0 Å². The van der Waals surface area contributed by atoms with E-state index < -0.39 is 0 Å². The molecule has 0 heterocycles. The molecular weight excluding hydrogens is 200 g/mol. The van der Waals surface area contributed by atoms with Crippen molar-refractivity contribution in [2.24, 2.45) is 5.73 Å². The molecular formula is C13H26N2O. The maximum Gasteiger partial charge on any atom is 0.0984 e. The van der Waals surface area contributed by atoms with E-state index in [4.69, 9.17) is 10.5 Å². The molecule has 0 bridgehead atoms. The molecule has 0 aliphatic rings. The molecule has 0 aliphatic heterocycles. The molecule has 0 aromatic heterocycles. The quantitative estimate of drug-likeness (QED) is 0.646. The van der Waals surface area contributed by atoms with E-state index in [0.717, 1.165) is 25.2 Å². The lowest BCUT2D eigenvalue weighted by Gasteiger charge is -2.18. The summed E-state index contributed by atoms with van der Waals surface area (Å²) in [6.07, 6.45) is 7.57. The summed E-state index contributed by atoms with van der Waals surface area (Å²) in [5.41, 5.74) is 7.39. The van der Waals surface area contributed by atoms with Crippen molar-refractivity contribution >= 4 is 0 Å². The number of nitrogens with zero attached hydrogens (tertiary/aromatic N) is 1. The van der Waals surface area contributed by atoms with Crippen LogP contribution in [0.2, 0.25) is 0 Å². The maximum absolute atomic E-state index is 5.94. The van der Waals surface area contributed by atoms with Gasteiger partial charge in [0.05, 0.1) is 12.4 Å². The predicted molar refractivity (Wildman–Crippen MR) is 70.1 cm³/mol. The van der Waals surface area contributed by atoms with Crippen LogP contribution in [0.25, 0.3) is 0 Å². The minimum absolute atomic E-state index is 0.699. The largest absolute Gasteiger partial charge is 0.385 e. The lowest BCUT2D eigenvalue weighted by molar-refractivity contribution is 0.173. The topological polar surface area (TPSA) is 38.5 Å². The monoisotopic (exact) mass is 226 g/mol. The van der Waals surface area contributed by atoms with Gasteiger partial charge in [0.1, 0.15) is 0 Å². The summed E-state index contributed by atoms with van der Waals surface area (Å²) in [5, 5.41) is 0. The Bertz CT molecular complexity index is 234. The molecule has 3 heteroatoms. The van der Waals surface area contributed by atoms with E-state index in [1.807, 2.05) is 18.0 Å². The lowest BCUT2D eigenvalue weighted by atomic mass is 10.1. The average molecular weight is 226 g/mol. The minimum atomic E-state index is 0.699. The second-order valence-electron chi connectivity index (χ2n) is 3.93. The van der Waals surface area contributed by atoms with Crippen LogP contribution in [-0.2, 0) is 4.74 Å². The zero-order valence-corrected chi connectivity index (χ0v) is 11.1. The summed E-state index contributed by atoms with van der Waals surface area (Å²) < 4.78 is 5.01. The van der Waals surface area contributed by atoms with Crippen LogP contribution in [0.4, 0.5) is 0 Å². The lowest BCUT2D eigenvalue weighted by Crippen LogP contribution is -2.26. The highest BCUT2D eigenvalue weighted by atomic mass is 16.5. The van der Waals surface area contributed by atoms with E-state index in [-0.39, 0.29) is 0 Å². The molecule has 0 fully saturated rings. The van der Waals surface area contributed by atoms with Crippen molar-refractivity contribution in [2.45, 2.75) is 33.1 Å². The summed E-state index contributed by atoms with van der Waals surface area (Å²) >= 11 is 0. The summed E-state index contributed by atoms with van der Waals surface area (Å²) in [6, 6.07) is 0. The third-order valence-corrected chi connectivity index (χ3v) is 2.59. The van der Waals surface area contributed by atoms with Crippen molar-refractivity contribution in [3.05, 3.63) is 23.5 Å². The zero-order chi connectivity index (χ0) is 12.4. The fourth-order valence-corrected chi connectivity index (χ4v) is 1.39. The summed E-state index contributed by atoms with van der Waals surface area (Å²) in [4.78, 5) is 2.00. The molecule has 0 amide bonds. The first-order valence-electron chi connectivity index (χ1n) is 6.00. The minimum Gasteiger partial charge on any atom is -0.385 e. The van der Waals surface area contributed by atoms with Crippen molar-refractivity contribution in [1.29, 1.82) is 0 Å². The van der Waals surface area contributed by atoms with Gasteiger partial charge in [0.15, 0.2) is 0 Å². The highest BCUT2D eigenvalue weighted by molar-refractivity contribution is 5.15. The van der Waals surface area contributed by atoms with Gasteiger partial charge in [0, 0.05) is 20.7 Å². The molecule has 0 aliphatic carbocycles. The number of methoxy groups -OCH3 is 1. The normalized spacial score (nSPS) is 13.0. The molecule has 16 heavy (non-hydrogen) atoms. The summed E-state index contributed by atoms with van der Waals surface area (Å²) in [5.74, 6) is 0.791. The molecule has 0 aromatic carbocycles. The fraction of sp³-hybridized carbons (Fsp3) is 0.692. The Morgan fingerprint density at radius 2 is 2.00 bits per heavy atom. The number of ether oxygens (including phenoxy) is 1. The number of hydrogen-bond donors (Lipinski definition) is 1. The molecule has 0 unspecified atom stereocenters. The van der Waals surface area contributed by atoms with Crippen LogP contribution in [0.3, 0.4) is 0 Å². The summed E-state index contributed by atoms with van der Waals surface area (Å²) in [6.45, 7) is 5.90. The van der Waals surface area contributed by atoms with Crippen LogP contribution in [0, 0.1) is 0 Å². The third-order valence-electron chi connectivity index (χ3n) is 2.59. The first-order chi connectivity index (χ1) is 7.65. The Hall–Kier alpha value is -0.960. The van der Waals surface area contributed by atoms with Crippen molar-refractivity contribution in [1.82, 2.24) is 4.90 Å². The molecule has 0 atom stereocenters. The second-order valence-corrected chi connectivity index (χ2v) is 3.93. The van der Waals surface area contributed by atoms with Crippen molar-refractivity contribution in [3.8, 4) is 0 Å². The number of hydrogen-bond acceptors (Lipinski definition) is 3. The summed E-state index contributed by atoms with van der Waals surface area (Å²) in [7, 11) is 3.67. The smallest absolute Gasteiger partial charge is 0.0984 e.